The number of aryl methyl sites for hydroxylation is 1. The minimum atomic E-state index is 0.313. The second-order valence-corrected chi connectivity index (χ2v) is 7.72. The standard InChI is InChI=1S/C22H35N3O2/c1-18-6-5-7-19(16-18)9-12-24-22(23-2)25-13-10-20(11-14-25)27-17-21-8-3-4-15-26-21/h5-7,16,20-21H,3-4,8-15,17H2,1-2H3,(H,23,24). The molecule has 1 aromatic carbocycles. The van der Waals surface area contributed by atoms with Crippen LogP contribution in [0.2, 0.25) is 0 Å². The van der Waals surface area contributed by atoms with E-state index in [1.54, 1.807) is 0 Å². The second-order valence-electron chi connectivity index (χ2n) is 7.72. The van der Waals surface area contributed by atoms with E-state index in [1.165, 1.54) is 24.0 Å². The van der Waals surface area contributed by atoms with Crippen LogP contribution in [-0.2, 0) is 15.9 Å². The van der Waals surface area contributed by atoms with Crippen LogP contribution in [0.1, 0.15) is 43.2 Å². The maximum absolute atomic E-state index is 6.12. The zero-order valence-electron chi connectivity index (χ0n) is 17.0. The molecule has 2 saturated heterocycles. The zero-order valence-corrected chi connectivity index (χ0v) is 17.0. The van der Waals surface area contributed by atoms with E-state index in [9.17, 15) is 0 Å². The number of ether oxygens (including phenoxy) is 2. The number of hydrogen-bond acceptors (Lipinski definition) is 3. The molecule has 0 amide bonds. The van der Waals surface area contributed by atoms with E-state index in [0.29, 0.717) is 12.2 Å². The van der Waals surface area contributed by atoms with Gasteiger partial charge in [0.1, 0.15) is 0 Å². The lowest BCUT2D eigenvalue weighted by Gasteiger charge is -2.35. The maximum atomic E-state index is 6.12. The predicted octanol–water partition coefficient (Wildman–Crippen LogP) is 3.16. The molecule has 1 unspecified atom stereocenters. The molecule has 5 nitrogen and oxygen atoms in total. The van der Waals surface area contributed by atoms with E-state index in [2.05, 4.69) is 46.4 Å². The largest absolute Gasteiger partial charge is 0.376 e. The second kappa shape index (κ2) is 10.7. The van der Waals surface area contributed by atoms with Crippen LogP contribution in [0.25, 0.3) is 0 Å². The van der Waals surface area contributed by atoms with Gasteiger partial charge in [0.2, 0.25) is 0 Å². The number of hydrogen-bond donors (Lipinski definition) is 1. The smallest absolute Gasteiger partial charge is 0.193 e. The molecule has 0 saturated carbocycles. The van der Waals surface area contributed by atoms with Crippen LogP contribution in [0.5, 0.6) is 0 Å². The molecule has 3 rings (SSSR count). The molecule has 0 spiro atoms. The van der Waals surface area contributed by atoms with E-state index < -0.39 is 0 Å². The Morgan fingerprint density at radius 2 is 2.11 bits per heavy atom. The summed E-state index contributed by atoms with van der Waals surface area (Å²) in [4.78, 5) is 6.83. The minimum Gasteiger partial charge on any atom is -0.376 e. The molecule has 2 aliphatic rings. The molecule has 0 aromatic heterocycles. The Morgan fingerprint density at radius 3 is 2.81 bits per heavy atom. The third-order valence-electron chi connectivity index (χ3n) is 5.52. The number of aliphatic imine (C=N–C) groups is 1. The van der Waals surface area contributed by atoms with Gasteiger partial charge in [-0.15, -0.1) is 0 Å². The van der Waals surface area contributed by atoms with Crippen molar-refractivity contribution in [2.75, 3.05) is 39.9 Å². The summed E-state index contributed by atoms with van der Waals surface area (Å²) < 4.78 is 11.9. The van der Waals surface area contributed by atoms with Crippen molar-refractivity contribution in [3.05, 3.63) is 35.4 Å². The van der Waals surface area contributed by atoms with Crippen LogP contribution in [0.15, 0.2) is 29.3 Å². The number of likely N-dealkylation sites (tertiary alicyclic amines) is 1. The van der Waals surface area contributed by atoms with Gasteiger partial charge in [0.25, 0.3) is 0 Å². The first-order valence-electron chi connectivity index (χ1n) is 10.5. The van der Waals surface area contributed by atoms with E-state index in [4.69, 9.17) is 9.47 Å². The molecule has 2 aliphatic heterocycles. The number of piperidine rings is 1. The third kappa shape index (κ3) is 6.51. The number of nitrogens with zero attached hydrogens (tertiary/aromatic N) is 2. The fourth-order valence-electron chi connectivity index (χ4n) is 3.94. The average Bonchev–Trinajstić information content (AvgIpc) is 2.71. The van der Waals surface area contributed by atoms with Crippen LogP contribution >= 0.6 is 0 Å². The lowest BCUT2D eigenvalue weighted by atomic mass is 10.1. The molecular weight excluding hydrogens is 338 g/mol. The summed E-state index contributed by atoms with van der Waals surface area (Å²) in [6.07, 6.45) is 7.43. The Morgan fingerprint density at radius 1 is 1.26 bits per heavy atom. The van der Waals surface area contributed by atoms with Crippen molar-refractivity contribution < 1.29 is 9.47 Å². The van der Waals surface area contributed by atoms with Crippen LogP contribution < -0.4 is 5.32 Å². The zero-order chi connectivity index (χ0) is 18.9. The van der Waals surface area contributed by atoms with E-state index >= 15 is 0 Å². The van der Waals surface area contributed by atoms with Gasteiger partial charge in [-0.1, -0.05) is 29.8 Å². The summed E-state index contributed by atoms with van der Waals surface area (Å²) in [6, 6.07) is 8.71. The summed E-state index contributed by atoms with van der Waals surface area (Å²) in [7, 11) is 1.87. The van der Waals surface area contributed by atoms with Gasteiger partial charge in [-0.25, -0.2) is 0 Å². The number of nitrogens with one attached hydrogen (secondary N) is 1. The lowest BCUT2D eigenvalue weighted by Crippen LogP contribution is -2.47. The highest BCUT2D eigenvalue weighted by atomic mass is 16.5. The highest BCUT2D eigenvalue weighted by Crippen LogP contribution is 2.18. The molecule has 27 heavy (non-hydrogen) atoms. The monoisotopic (exact) mass is 373 g/mol. The number of guanidine groups is 1. The normalized spacial score (nSPS) is 22.1. The van der Waals surface area contributed by atoms with Gasteiger partial charge in [0.05, 0.1) is 18.8 Å². The van der Waals surface area contributed by atoms with Gasteiger partial charge in [0.15, 0.2) is 5.96 Å². The summed E-state index contributed by atoms with van der Waals surface area (Å²) in [6.45, 7) is 6.71. The summed E-state index contributed by atoms with van der Waals surface area (Å²) in [5, 5.41) is 3.52. The van der Waals surface area contributed by atoms with Crippen molar-refractivity contribution >= 4 is 5.96 Å². The fraction of sp³-hybridized carbons (Fsp3) is 0.682. The van der Waals surface area contributed by atoms with E-state index in [1.807, 2.05) is 7.05 Å². The lowest BCUT2D eigenvalue weighted by molar-refractivity contribution is -0.0721. The van der Waals surface area contributed by atoms with Crippen molar-refractivity contribution in [3.63, 3.8) is 0 Å². The summed E-state index contributed by atoms with van der Waals surface area (Å²) >= 11 is 0. The highest BCUT2D eigenvalue weighted by molar-refractivity contribution is 5.79. The van der Waals surface area contributed by atoms with Crippen LogP contribution in [0.3, 0.4) is 0 Å². The van der Waals surface area contributed by atoms with Gasteiger partial charge in [-0.2, -0.15) is 0 Å². The van der Waals surface area contributed by atoms with Crippen molar-refractivity contribution in [1.29, 1.82) is 0 Å². The van der Waals surface area contributed by atoms with E-state index in [0.717, 1.165) is 64.5 Å². The Hall–Kier alpha value is -1.59. The first kappa shape index (κ1) is 20.2. The molecule has 150 valence electrons. The molecule has 0 radical (unpaired) electrons. The third-order valence-corrected chi connectivity index (χ3v) is 5.52. The summed E-state index contributed by atoms with van der Waals surface area (Å²) in [5.74, 6) is 1.01. The molecule has 1 aromatic rings. The van der Waals surface area contributed by atoms with Crippen LogP contribution in [-0.4, -0.2) is 63.0 Å². The Bertz CT molecular complexity index is 591. The highest BCUT2D eigenvalue weighted by Gasteiger charge is 2.23. The average molecular weight is 374 g/mol. The first-order chi connectivity index (χ1) is 13.2. The predicted molar refractivity (Wildman–Crippen MR) is 110 cm³/mol. The minimum absolute atomic E-state index is 0.313. The molecule has 0 bridgehead atoms. The Labute approximate surface area is 164 Å². The van der Waals surface area contributed by atoms with Gasteiger partial charge in [-0.05, 0) is 51.0 Å². The van der Waals surface area contributed by atoms with Gasteiger partial charge < -0.3 is 19.7 Å². The van der Waals surface area contributed by atoms with Crippen molar-refractivity contribution in [2.45, 2.75) is 57.7 Å². The van der Waals surface area contributed by atoms with Gasteiger partial charge in [-0.3, -0.25) is 4.99 Å². The van der Waals surface area contributed by atoms with Crippen molar-refractivity contribution in [3.8, 4) is 0 Å². The maximum Gasteiger partial charge on any atom is 0.193 e. The fourth-order valence-corrected chi connectivity index (χ4v) is 3.94. The Balaban J connectivity index is 1.35. The summed E-state index contributed by atoms with van der Waals surface area (Å²) in [5.41, 5.74) is 2.69. The van der Waals surface area contributed by atoms with Gasteiger partial charge >= 0.3 is 0 Å². The molecule has 5 heteroatoms. The molecule has 2 fully saturated rings. The van der Waals surface area contributed by atoms with Crippen LogP contribution in [0, 0.1) is 6.92 Å². The molecule has 1 N–H and O–H groups in total. The molecule has 0 aliphatic carbocycles. The van der Waals surface area contributed by atoms with Gasteiger partial charge in [0, 0.05) is 33.3 Å². The van der Waals surface area contributed by atoms with E-state index in [-0.39, 0.29) is 0 Å². The Kier molecular flexibility index (Phi) is 7.96. The van der Waals surface area contributed by atoms with Crippen molar-refractivity contribution in [1.82, 2.24) is 10.2 Å². The molecular formula is C22H35N3O2. The molecule has 1 atom stereocenters. The number of benzene rings is 1. The SMILES string of the molecule is CN=C(NCCc1cccc(C)c1)N1CCC(OCC2CCCCO2)CC1. The topological polar surface area (TPSA) is 46.1 Å². The van der Waals surface area contributed by atoms with Crippen LogP contribution in [0.4, 0.5) is 0 Å². The molecule has 2 heterocycles. The quantitative estimate of drug-likeness (QED) is 0.615. The number of rotatable bonds is 6. The first-order valence-corrected chi connectivity index (χ1v) is 10.5. The van der Waals surface area contributed by atoms with Crippen molar-refractivity contribution in [2.24, 2.45) is 4.99 Å².